The van der Waals surface area contributed by atoms with E-state index in [0.29, 0.717) is 34.9 Å². The number of pyridine rings is 1. The van der Waals surface area contributed by atoms with Crippen LogP contribution in [0.4, 0.5) is 0 Å². The molecule has 5 nitrogen and oxygen atoms in total. The molecule has 0 unspecified atom stereocenters. The Bertz CT molecular complexity index is 722. The van der Waals surface area contributed by atoms with Gasteiger partial charge in [-0.3, -0.25) is 4.79 Å². The van der Waals surface area contributed by atoms with Crippen LogP contribution < -0.4 is 10.1 Å². The highest BCUT2D eigenvalue weighted by Gasteiger charge is 2.36. The quantitative estimate of drug-likeness (QED) is 0.841. The fraction of sp³-hybridized carbons (Fsp3) is 0.294. The smallest absolute Gasteiger partial charge is 0.254 e. The number of para-hydroxylation sites is 1. The lowest BCUT2D eigenvalue weighted by Crippen LogP contribution is -2.44. The van der Waals surface area contributed by atoms with Gasteiger partial charge >= 0.3 is 0 Å². The Hall–Kier alpha value is -2.05. The molecule has 0 saturated heterocycles. The zero-order valence-corrected chi connectivity index (χ0v) is 13.6. The number of ether oxygens (including phenoxy) is 1. The average molecular weight is 330 g/mol. The summed E-state index contributed by atoms with van der Waals surface area (Å²) in [5, 5.41) is 14.4. The highest BCUT2D eigenvalue weighted by Crippen LogP contribution is 2.36. The van der Waals surface area contributed by atoms with Gasteiger partial charge in [0.15, 0.2) is 0 Å². The molecular weight excluding hydrogens is 312 g/mol. The van der Waals surface area contributed by atoms with Crippen molar-refractivity contribution in [3.05, 3.63) is 53.7 Å². The van der Waals surface area contributed by atoms with E-state index in [0.717, 1.165) is 0 Å². The normalized spacial score (nSPS) is 19.6. The molecular formula is C17H18N2O3S. The van der Waals surface area contributed by atoms with Gasteiger partial charge in [0.1, 0.15) is 16.4 Å². The number of hydrogen-bond donors (Lipinski definition) is 2. The van der Waals surface area contributed by atoms with E-state index in [2.05, 4.69) is 10.3 Å². The monoisotopic (exact) mass is 330 g/mol. The Labute approximate surface area is 139 Å². The van der Waals surface area contributed by atoms with Crippen LogP contribution >= 0.6 is 11.8 Å². The Morgan fingerprint density at radius 1 is 1.39 bits per heavy atom. The first-order chi connectivity index (χ1) is 11.1. The zero-order chi connectivity index (χ0) is 16.3. The van der Waals surface area contributed by atoms with Gasteiger partial charge in [-0.1, -0.05) is 18.2 Å². The van der Waals surface area contributed by atoms with E-state index in [-0.39, 0.29) is 12.5 Å². The molecule has 0 aliphatic carbocycles. The van der Waals surface area contributed by atoms with Gasteiger partial charge < -0.3 is 15.2 Å². The topological polar surface area (TPSA) is 71.5 Å². The van der Waals surface area contributed by atoms with Gasteiger partial charge in [0, 0.05) is 18.2 Å². The largest absolute Gasteiger partial charge is 0.493 e. The van der Waals surface area contributed by atoms with Crippen molar-refractivity contribution in [3.8, 4) is 5.75 Å². The molecule has 1 aromatic heterocycles. The number of thioether (sulfide) groups is 1. The van der Waals surface area contributed by atoms with Crippen LogP contribution in [0, 0.1) is 0 Å². The van der Waals surface area contributed by atoms with Crippen LogP contribution in [0.3, 0.4) is 0 Å². The molecule has 1 amide bonds. The highest BCUT2D eigenvalue weighted by molar-refractivity contribution is 7.98. The van der Waals surface area contributed by atoms with E-state index < -0.39 is 5.60 Å². The molecule has 0 saturated carbocycles. The van der Waals surface area contributed by atoms with Gasteiger partial charge in [-0.15, -0.1) is 11.8 Å². The molecule has 23 heavy (non-hydrogen) atoms. The molecule has 120 valence electrons. The second-order valence-corrected chi connectivity index (χ2v) is 6.16. The van der Waals surface area contributed by atoms with Crippen molar-refractivity contribution in [2.75, 3.05) is 19.4 Å². The standard InChI is InChI=1S/C17H18N2O3S/c1-23-16-12(5-4-9-18-16)15(20)19-11-17(21)8-10-22-14-7-3-2-6-13(14)17/h2-7,9,21H,8,10-11H2,1H3,(H,19,20)/t17-/m0/s1. The third-order valence-electron chi connectivity index (χ3n) is 3.91. The number of carbonyl (C=O) groups is 1. The number of hydrogen-bond acceptors (Lipinski definition) is 5. The number of fused-ring (bicyclic) bond motifs is 1. The van der Waals surface area contributed by atoms with Crippen molar-refractivity contribution < 1.29 is 14.6 Å². The number of benzene rings is 1. The van der Waals surface area contributed by atoms with Crippen LogP contribution in [-0.4, -0.2) is 35.4 Å². The van der Waals surface area contributed by atoms with E-state index in [1.165, 1.54) is 11.8 Å². The minimum absolute atomic E-state index is 0.134. The van der Waals surface area contributed by atoms with E-state index in [9.17, 15) is 9.90 Å². The molecule has 3 rings (SSSR count). The van der Waals surface area contributed by atoms with Crippen molar-refractivity contribution in [2.24, 2.45) is 0 Å². The predicted molar refractivity (Wildman–Crippen MR) is 88.8 cm³/mol. The molecule has 0 radical (unpaired) electrons. The van der Waals surface area contributed by atoms with Crippen LogP contribution in [0.15, 0.2) is 47.6 Å². The van der Waals surface area contributed by atoms with Gasteiger partial charge in [-0.05, 0) is 24.5 Å². The summed E-state index contributed by atoms with van der Waals surface area (Å²) in [7, 11) is 0. The lowest BCUT2D eigenvalue weighted by molar-refractivity contribution is -0.00163. The van der Waals surface area contributed by atoms with E-state index in [1.54, 1.807) is 18.3 Å². The number of rotatable bonds is 4. The third-order valence-corrected chi connectivity index (χ3v) is 4.62. The van der Waals surface area contributed by atoms with Gasteiger partial charge in [0.25, 0.3) is 5.91 Å². The van der Waals surface area contributed by atoms with Crippen molar-refractivity contribution in [3.63, 3.8) is 0 Å². The number of amides is 1. The third kappa shape index (κ3) is 3.18. The Morgan fingerprint density at radius 2 is 2.22 bits per heavy atom. The molecule has 1 aliphatic rings. The summed E-state index contributed by atoms with van der Waals surface area (Å²) in [6, 6.07) is 10.8. The summed E-state index contributed by atoms with van der Waals surface area (Å²) in [5.74, 6) is 0.432. The molecule has 2 aromatic rings. The van der Waals surface area contributed by atoms with Crippen molar-refractivity contribution >= 4 is 17.7 Å². The number of nitrogens with one attached hydrogen (secondary N) is 1. The predicted octanol–water partition coefficient (Wildman–Crippen LogP) is 2.20. The fourth-order valence-electron chi connectivity index (χ4n) is 2.67. The van der Waals surface area contributed by atoms with Crippen LogP contribution in [-0.2, 0) is 5.60 Å². The van der Waals surface area contributed by atoms with Gasteiger partial charge in [-0.2, -0.15) is 0 Å². The van der Waals surface area contributed by atoms with E-state index in [4.69, 9.17) is 4.74 Å². The maximum Gasteiger partial charge on any atom is 0.254 e. The van der Waals surface area contributed by atoms with Gasteiger partial charge in [-0.25, -0.2) is 4.98 Å². The number of aromatic nitrogens is 1. The summed E-state index contributed by atoms with van der Waals surface area (Å²) in [6.45, 7) is 0.557. The lowest BCUT2D eigenvalue weighted by atomic mass is 9.88. The Morgan fingerprint density at radius 3 is 3.04 bits per heavy atom. The Kier molecular flexibility index (Phi) is 4.54. The molecule has 1 aliphatic heterocycles. The number of carbonyl (C=O) groups excluding carboxylic acids is 1. The first-order valence-electron chi connectivity index (χ1n) is 7.36. The van der Waals surface area contributed by atoms with Gasteiger partial charge in [0.2, 0.25) is 0 Å². The van der Waals surface area contributed by atoms with Crippen molar-refractivity contribution in [2.45, 2.75) is 17.0 Å². The first kappa shape index (κ1) is 15.8. The summed E-state index contributed by atoms with van der Waals surface area (Å²) in [5.41, 5.74) is 0.110. The molecule has 1 aromatic carbocycles. The van der Waals surface area contributed by atoms with Crippen molar-refractivity contribution in [1.29, 1.82) is 0 Å². The van der Waals surface area contributed by atoms with E-state index >= 15 is 0 Å². The van der Waals surface area contributed by atoms with Crippen LogP contribution in [0.2, 0.25) is 0 Å². The SMILES string of the molecule is CSc1ncccc1C(=O)NC[C@@]1(O)CCOc2ccccc21. The fourth-order valence-corrected chi connectivity index (χ4v) is 3.22. The minimum Gasteiger partial charge on any atom is -0.493 e. The molecule has 0 fully saturated rings. The van der Waals surface area contributed by atoms with Crippen LogP contribution in [0.5, 0.6) is 5.75 Å². The number of nitrogens with zero attached hydrogens (tertiary/aromatic N) is 1. The molecule has 0 bridgehead atoms. The van der Waals surface area contributed by atoms with Crippen LogP contribution in [0.1, 0.15) is 22.3 Å². The number of aliphatic hydroxyl groups is 1. The maximum atomic E-state index is 12.4. The van der Waals surface area contributed by atoms with Crippen LogP contribution in [0.25, 0.3) is 0 Å². The summed E-state index contributed by atoms with van der Waals surface area (Å²) < 4.78 is 5.56. The van der Waals surface area contributed by atoms with Crippen molar-refractivity contribution in [1.82, 2.24) is 10.3 Å². The van der Waals surface area contributed by atoms with Gasteiger partial charge in [0.05, 0.1) is 18.7 Å². The summed E-state index contributed by atoms with van der Waals surface area (Å²) in [6.07, 6.45) is 3.97. The second-order valence-electron chi connectivity index (χ2n) is 5.37. The highest BCUT2D eigenvalue weighted by atomic mass is 32.2. The first-order valence-corrected chi connectivity index (χ1v) is 8.58. The molecule has 6 heteroatoms. The second kappa shape index (κ2) is 6.60. The average Bonchev–Trinajstić information content (AvgIpc) is 2.60. The summed E-state index contributed by atoms with van der Waals surface area (Å²) >= 11 is 1.42. The molecule has 0 spiro atoms. The minimum atomic E-state index is -1.12. The summed E-state index contributed by atoms with van der Waals surface area (Å²) in [4.78, 5) is 16.6. The molecule has 1 atom stereocenters. The molecule has 2 heterocycles. The maximum absolute atomic E-state index is 12.4. The molecule has 2 N–H and O–H groups in total. The van der Waals surface area contributed by atoms with E-state index in [1.807, 2.05) is 30.5 Å². The lowest BCUT2D eigenvalue weighted by Gasteiger charge is -2.34. The Balaban J connectivity index is 1.77. The zero-order valence-electron chi connectivity index (χ0n) is 12.8.